The summed E-state index contributed by atoms with van der Waals surface area (Å²) >= 11 is 0. The minimum Gasteiger partial charge on any atom is -0.481 e. The van der Waals surface area contributed by atoms with E-state index in [9.17, 15) is 9.90 Å². The van der Waals surface area contributed by atoms with Gasteiger partial charge in [-0.25, -0.2) is 0 Å². The Bertz CT molecular complexity index is 289. The Morgan fingerprint density at radius 1 is 1.47 bits per heavy atom. The van der Waals surface area contributed by atoms with Crippen LogP contribution in [-0.4, -0.2) is 22.3 Å². The fraction of sp³-hybridized carbons (Fsp3) is 0.917. The molecule has 2 fully saturated rings. The maximum atomic E-state index is 10.7. The Kier molecular flexibility index (Phi) is 2.34. The number of aliphatic carboxylic acids is 1. The number of rotatable bonds is 3. The number of fused-ring (bicyclic) bond motifs is 2. The average Bonchev–Trinajstić information content (AvgIpc) is 2.50. The number of hydrogen-bond donors (Lipinski definition) is 2. The third-order valence-electron chi connectivity index (χ3n) is 5.32. The number of aliphatic hydroxyl groups is 1. The number of hydrogen-bond acceptors (Lipinski definition) is 2. The minimum absolute atomic E-state index is 0.0325. The molecule has 0 aromatic heterocycles. The van der Waals surface area contributed by atoms with E-state index in [-0.39, 0.29) is 23.4 Å². The zero-order chi connectivity index (χ0) is 11.3. The van der Waals surface area contributed by atoms with Crippen LogP contribution >= 0.6 is 0 Å². The quantitative estimate of drug-likeness (QED) is 0.752. The molecule has 15 heavy (non-hydrogen) atoms. The van der Waals surface area contributed by atoms with Crippen LogP contribution in [0.4, 0.5) is 0 Å². The van der Waals surface area contributed by atoms with E-state index in [2.05, 4.69) is 13.8 Å². The zero-order valence-corrected chi connectivity index (χ0v) is 9.49. The standard InChI is InChI=1S/C12H20O3/c1-11(6-4-10(14)15)8-3-5-12(11,2)9(13)7-8/h8-9,13H,3-7H2,1-2H3,(H,14,15)/t8-,9-,11+,12-/m0/s1. The van der Waals surface area contributed by atoms with Gasteiger partial charge in [-0.1, -0.05) is 13.8 Å². The Balaban J connectivity index is 2.17. The third kappa shape index (κ3) is 1.32. The molecule has 0 aromatic carbocycles. The van der Waals surface area contributed by atoms with Crippen LogP contribution in [-0.2, 0) is 4.79 Å². The molecule has 3 nitrogen and oxygen atoms in total. The summed E-state index contributed by atoms with van der Waals surface area (Å²) in [5.74, 6) is -0.197. The highest BCUT2D eigenvalue weighted by atomic mass is 16.4. The SMILES string of the molecule is C[C@]12CC[C@@H](C[C@@H]1O)[C@@]2(C)CCC(=O)O. The van der Waals surface area contributed by atoms with E-state index >= 15 is 0 Å². The van der Waals surface area contributed by atoms with E-state index in [1.807, 2.05) is 0 Å². The lowest BCUT2D eigenvalue weighted by atomic mass is 9.66. The van der Waals surface area contributed by atoms with Gasteiger partial charge in [-0.3, -0.25) is 4.79 Å². The van der Waals surface area contributed by atoms with Crippen LogP contribution in [0.3, 0.4) is 0 Å². The van der Waals surface area contributed by atoms with Crippen LogP contribution in [0, 0.1) is 16.7 Å². The molecule has 2 saturated carbocycles. The molecule has 4 atom stereocenters. The first-order valence-electron chi connectivity index (χ1n) is 5.80. The van der Waals surface area contributed by atoms with Crippen molar-refractivity contribution in [2.24, 2.45) is 16.7 Å². The number of aliphatic hydroxyl groups excluding tert-OH is 1. The monoisotopic (exact) mass is 212 g/mol. The largest absolute Gasteiger partial charge is 0.481 e. The molecule has 2 aliphatic rings. The number of carboxylic acids is 1. The van der Waals surface area contributed by atoms with Gasteiger partial charge in [0, 0.05) is 6.42 Å². The van der Waals surface area contributed by atoms with E-state index < -0.39 is 5.97 Å². The summed E-state index contributed by atoms with van der Waals surface area (Å²) in [4.78, 5) is 10.7. The van der Waals surface area contributed by atoms with Gasteiger partial charge >= 0.3 is 5.97 Å². The van der Waals surface area contributed by atoms with Crippen molar-refractivity contribution in [2.45, 2.75) is 52.1 Å². The van der Waals surface area contributed by atoms with Crippen molar-refractivity contribution in [3.63, 3.8) is 0 Å². The summed E-state index contributed by atoms with van der Waals surface area (Å²) in [5, 5.41) is 18.8. The molecule has 0 saturated heterocycles. The van der Waals surface area contributed by atoms with E-state index in [0.29, 0.717) is 12.3 Å². The van der Waals surface area contributed by atoms with Crippen molar-refractivity contribution < 1.29 is 15.0 Å². The Hall–Kier alpha value is -0.570. The van der Waals surface area contributed by atoms with Gasteiger partial charge in [0.2, 0.25) is 0 Å². The molecular weight excluding hydrogens is 192 g/mol. The van der Waals surface area contributed by atoms with Crippen molar-refractivity contribution in [2.75, 3.05) is 0 Å². The normalized spacial score (nSPS) is 48.5. The number of carbonyl (C=O) groups is 1. The van der Waals surface area contributed by atoms with E-state index in [4.69, 9.17) is 5.11 Å². The Morgan fingerprint density at radius 3 is 2.53 bits per heavy atom. The molecule has 2 bridgehead atoms. The van der Waals surface area contributed by atoms with Gasteiger partial charge < -0.3 is 10.2 Å². The Morgan fingerprint density at radius 2 is 2.13 bits per heavy atom. The average molecular weight is 212 g/mol. The second-order valence-electron chi connectivity index (χ2n) is 5.72. The maximum Gasteiger partial charge on any atom is 0.303 e. The summed E-state index contributed by atoms with van der Waals surface area (Å²) in [6.07, 6.45) is 3.79. The van der Waals surface area contributed by atoms with Crippen molar-refractivity contribution in [1.29, 1.82) is 0 Å². The third-order valence-corrected chi connectivity index (χ3v) is 5.32. The first-order chi connectivity index (χ1) is 6.90. The van der Waals surface area contributed by atoms with Crippen molar-refractivity contribution in [1.82, 2.24) is 0 Å². The van der Waals surface area contributed by atoms with Crippen LogP contribution in [0.5, 0.6) is 0 Å². The summed E-state index contributed by atoms with van der Waals surface area (Å²) < 4.78 is 0. The molecule has 3 heteroatoms. The van der Waals surface area contributed by atoms with Crippen LogP contribution in [0.25, 0.3) is 0 Å². The van der Waals surface area contributed by atoms with E-state index in [1.54, 1.807) is 0 Å². The smallest absolute Gasteiger partial charge is 0.303 e. The molecule has 0 unspecified atom stereocenters. The summed E-state index contributed by atoms with van der Waals surface area (Å²) in [6.45, 7) is 4.30. The van der Waals surface area contributed by atoms with Gasteiger partial charge in [0.05, 0.1) is 6.10 Å². The molecule has 0 aliphatic heterocycles. The van der Waals surface area contributed by atoms with Gasteiger partial charge in [-0.2, -0.15) is 0 Å². The predicted molar refractivity (Wildman–Crippen MR) is 56.4 cm³/mol. The fourth-order valence-electron chi connectivity index (χ4n) is 3.86. The lowest BCUT2D eigenvalue weighted by molar-refractivity contribution is -0.138. The summed E-state index contributed by atoms with van der Waals surface area (Å²) in [6, 6.07) is 0. The second kappa shape index (κ2) is 3.21. The van der Waals surface area contributed by atoms with Gasteiger partial charge in [0.15, 0.2) is 0 Å². The molecule has 0 aromatic rings. The fourth-order valence-corrected chi connectivity index (χ4v) is 3.86. The highest BCUT2D eigenvalue weighted by molar-refractivity contribution is 5.66. The van der Waals surface area contributed by atoms with Crippen molar-refractivity contribution in [3.05, 3.63) is 0 Å². The molecule has 0 amide bonds. The maximum absolute atomic E-state index is 10.7. The molecule has 2 aliphatic carbocycles. The van der Waals surface area contributed by atoms with E-state index in [0.717, 1.165) is 19.3 Å². The molecule has 0 radical (unpaired) electrons. The first kappa shape index (κ1) is 10.9. The topological polar surface area (TPSA) is 57.5 Å². The van der Waals surface area contributed by atoms with Crippen LogP contribution in [0.1, 0.15) is 46.0 Å². The van der Waals surface area contributed by atoms with Crippen molar-refractivity contribution >= 4 is 5.97 Å². The summed E-state index contributed by atoms with van der Waals surface area (Å²) in [5.41, 5.74) is -0.0159. The van der Waals surface area contributed by atoms with Gasteiger partial charge in [-0.05, 0) is 42.4 Å². The molecule has 86 valence electrons. The predicted octanol–water partition coefficient (Wildman–Crippen LogP) is 2.04. The van der Waals surface area contributed by atoms with Gasteiger partial charge in [-0.15, -0.1) is 0 Å². The van der Waals surface area contributed by atoms with E-state index in [1.165, 1.54) is 0 Å². The summed E-state index contributed by atoms with van der Waals surface area (Å²) in [7, 11) is 0. The van der Waals surface area contributed by atoms with Crippen LogP contribution in [0.15, 0.2) is 0 Å². The van der Waals surface area contributed by atoms with Gasteiger partial charge in [0.25, 0.3) is 0 Å². The number of carboxylic acid groups (broad SMARTS) is 1. The lowest BCUT2D eigenvalue weighted by Crippen LogP contribution is -2.37. The Labute approximate surface area is 90.5 Å². The van der Waals surface area contributed by atoms with Crippen molar-refractivity contribution in [3.8, 4) is 0 Å². The highest BCUT2D eigenvalue weighted by Crippen LogP contribution is 2.67. The van der Waals surface area contributed by atoms with Crippen LogP contribution in [0.2, 0.25) is 0 Å². The molecule has 2 N–H and O–H groups in total. The van der Waals surface area contributed by atoms with Crippen LogP contribution < -0.4 is 0 Å². The lowest BCUT2D eigenvalue weighted by Gasteiger charge is -2.39. The van der Waals surface area contributed by atoms with Gasteiger partial charge in [0.1, 0.15) is 0 Å². The highest BCUT2D eigenvalue weighted by Gasteiger charge is 2.62. The minimum atomic E-state index is -0.722. The molecule has 2 rings (SSSR count). The molecular formula is C12H20O3. The zero-order valence-electron chi connectivity index (χ0n) is 9.49. The molecule has 0 spiro atoms. The molecule has 0 heterocycles. The first-order valence-corrected chi connectivity index (χ1v) is 5.80. The second-order valence-corrected chi connectivity index (χ2v) is 5.72.